The quantitative estimate of drug-likeness (QED) is 0.658. The van der Waals surface area contributed by atoms with Crippen molar-refractivity contribution in [2.24, 2.45) is 0 Å². The van der Waals surface area contributed by atoms with Gasteiger partial charge in [0.1, 0.15) is 0 Å². The van der Waals surface area contributed by atoms with Crippen LogP contribution in [0.4, 0.5) is 13.2 Å². The molecule has 4 nitrogen and oxygen atoms in total. The van der Waals surface area contributed by atoms with Gasteiger partial charge in [-0.2, -0.15) is 17.5 Å². The first kappa shape index (κ1) is 21.8. The number of sulfonamides is 1. The molecule has 0 spiro atoms. The zero-order valence-electron chi connectivity index (χ0n) is 15.7. The molecule has 0 fully saturated rings. The Hall–Kier alpha value is -1.45. The molecule has 0 amide bonds. The number of benzene rings is 1. The van der Waals surface area contributed by atoms with E-state index in [4.69, 9.17) is 0 Å². The average molecular weight is 421 g/mol. The Bertz CT molecular complexity index is 875. The van der Waals surface area contributed by atoms with Gasteiger partial charge >= 0.3 is 6.18 Å². The molecule has 0 N–H and O–H groups in total. The Balaban J connectivity index is 2.07. The molecule has 0 bridgehead atoms. The van der Waals surface area contributed by atoms with Crippen molar-refractivity contribution in [3.63, 3.8) is 0 Å². The zero-order chi connectivity index (χ0) is 20.4. The maximum Gasteiger partial charge on any atom is 0.416 e. The van der Waals surface area contributed by atoms with Crippen LogP contribution in [0.2, 0.25) is 0 Å². The van der Waals surface area contributed by atoms with E-state index >= 15 is 0 Å². The SMILES string of the molecule is CCc1nc(C)c([C@H](C)N(C)S(=O)(=O)CCc2ccc(C(F)(F)F)cc2)s1. The van der Waals surface area contributed by atoms with E-state index in [1.165, 1.54) is 34.8 Å². The van der Waals surface area contributed by atoms with Crippen molar-refractivity contribution in [2.45, 2.75) is 45.8 Å². The third-order valence-electron chi connectivity index (χ3n) is 4.47. The molecule has 27 heavy (non-hydrogen) atoms. The summed E-state index contributed by atoms with van der Waals surface area (Å²) in [5, 5.41) is 0.963. The Morgan fingerprint density at radius 1 is 1.22 bits per heavy atom. The summed E-state index contributed by atoms with van der Waals surface area (Å²) in [6, 6.07) is 4.24. The van der Waals surface area contributed by atoms with Gasteiger partial charge in [0.2, 0.25) is 10.0 Å². The summed E-state index contributed by atoms with van der Waals surface area (Å²) in [5.41, 5.74) is 0.635. The first-order chi connectivity index (χ1) is 12.5. The predicted molar refractivity (Wildman–Crippen MR) is 101 cm³/mol. The molecule has 0 aliphatic carbocycles. The highest BCUT2D eigenvalue weighted by atomic mass is 32.2. The minimum absolute atomic E-state index is 0.152. The lowest BCUT2D eigenvalue weighted by Gasteiger charge is -2.24. The Morgan fingerprint density at radius 2 is 1.81 bits per heavy atom. The highest BCUT2D eigenvalue weighted by Crippen LogP contribution is 2.31. The third kappa shape index (κ3) is 5.30. The summed E-state index contributed by atoms with van der Waals surface area (Å²) in [7, 11) is -2.04. The second-order valence-corrected chi connectivity index (χ2v) is 9.63. The van der Waals surface area contributed by atoms with Gasteiger partial charge in [0.15, 0.2) is 0 Å². The van der Waals surface area contributed by atoms with Gasteiger partial charge in [0.05, 0.1) is 28.1 Å². The van der Waals surface area contributed by atoms with Crippen LogP contribution in [-0.4, -0.2) is 30.5 Å². The zero-order valence-corrected chi connectivity index (χ0v) is 17.3. The molecule has 1 atom stereocenters. The third-order valence-corrected chi connectivity index (χ3v) is 7.86. The van der Waals surface area contributed by atoms with Gasteiger partial charge in [0.25, 0.3) is 0 Å². The first-order valence-corrected chi connectivity index (χ1v) is 11.0. The molecule has 150 valence electrons. The van der Waals surface area contributed by atoms with E-state index in [1.54, 1.807) is 0 Å². The molecule has 0 saturated heterocycles. The van der Waals surface area contributed by atoms with Crippen molar-refractivity contribution in [3.8, 4) is 0 Å². The van der Waals surface area contributed by atoms with Crippen molar-refractivity contribution in [1.82, 2.24) is 9.29 Å². The maximum atomic E-state index is 12.7. The summed E-state index contributed by atoms with van der Waals surface area (Å²) < 4.78 is 64.5. The molecule has 9 heteroatoms. The van der Waals surface area contributed by atoms with Crippen LogP contribution in [0, 0.1) is 6.92 Å². The van der Waals surface area contributed by atoms with Crippen LogP contribution < -0.4 is 0 Å². The van der Waals surface area contributed by atoms with Crippen LogP contribution in [0.5, 0.6) is 0 Å². The molecular formula is C18H23F3N2O2S2. The highest BCUT2D eigenvalue weighted by Gasteiger charge is 2.30. The van der Waals surface area contributed by atoms with E-state index in [0.717, 1.165) is 34.1 Å². The summed E-state index contributed by atoms with van der Waals surface area (Å²) in [4.78, 5) is 5.35. The Labute approximate surface area is 162 Å². The van der Waals surface area contributed by atoms with E-state index < -0.39 is 21.8 Å². The Kier molecular flexibility index (Phi) is 6.70. The van der Waals surface area contributed by atoms with Gasteiger partial charge in [0, 0.05) is 11.9 Å². The fraction of sp³-hybridized carbons (Fsp3) is 0.500. The monoisotopic (exact) mass is 420 g/mol. The molecule has 0 saturated carbocycles. The number of halogens is 3. The summed E-state index contributed by atoms with van der Waals surface area (Å²) in [5.74, 6) is -0.169. The fourth-order valence-corrected chi connectivity index (χ4v) is 5.20. The lowest BCUT2D eigenvalue weighted by molar-refractivity contribution is -0.137. The molecule has 1 aromatic heterocycles. The second kappa shape index (κ2) is 8.28. The van der Waals surface area contributed by atoms with Crippen LogP contribution in [0.15, 0.2) is 24.3 Å². The summed E-state index contributed by atoms with van der Waals surface area (Å²) in [6.07, 6.45) is -3.45. The van der Waals surface area contributed by atoms with Crippen molar-refractivity contribution in [3.05, 3.63) is 51.0 Å². The Morgan fingerprint density at radius 3 is 2.30 bits per heavy atom. The minimum atomic E-state index is -4.40. The van der Waals surface area contributed by atoms with Crippen LogP contribution in [0.3, 0.4) is 0 Å². The van der Waals surface area contributed by atoms with Gasteiger partial charge in [-0.3, -0.25) is 0 Å². The summed E-state index contributed by atoms with van der Waals surface area (Å²) in [6.45, 7) is 5.68. The number of hydrogen-bond donors (Lipinski definition) is 0. The first-order valence-electron chi connectivity index (χ1n) is 8.53. The van der Waals surface area contributed by atoms with Crippen LogP contribution in [0.25, 0.3) is 0 Å². The molecule has 0 aliphatic rings. The van der Waals surface area contributed by atoms with Crippen LogP contribution in [0.1, 0.15) is 46.6 Å². The molecule has 1 heterocycles. The fourth-order valence-electron chi connectivity index (χ4n) is 2.66. The number of alkyl halides is 3. The van der Waals surface area contributed by atoms with E-state index in [-0.39, 0.29) is 18.2 Å². The highest BCUT2D eigenvalue weighted by molar-refractivity contribution is 7.89. The van der Waals surface area contributed by atoms with E-state index in [2.05, 4.69) is 4.98 Å². The van der Waals surface area contributed by atoms with E-state index in [0.29, 0.717) is 5.56 Å². The normalized spacial score (nSPS) is 13.9. The van der Waals surface area contributed by atoms with Crippen molar-refractivity contribution >= 4 is 21.4 Å². The predicted octanol–water partition coefficient (Wildman–Crippen LogP) is 4.60. The number of hydrogen-bond acceptors (Lipinski definition) is 4. The molecular weight excluding hydrogens is 397 g/mol. The molecule has 0 radical (unpaired) electrons. The van der Waals surface area contributed by atoms with Crippen LogP contribution in [-0.2, 0) is 29.0 Å². The van der Waals surface area contributed by atoms with Gasteiger partial charge in [-0.15, -0.1) is 11.3 Å². The van der Waals surface area contributed by atoms with Gasteiger partial charge in [-0.25, -0.2) is 13.4 Å². The van der Waals surface area contributed by atoms with Crippen LogP contribution >= 0.6 is 11.3 Å². The average Bonchev–Trinajstić information content (AvgIpc) is 2.99. The molecule has 2 rings (SSSR count). The number of aromatic nitrogens is 1. The minimum Gasteiger partial charge on any atom is -0.246 e. The van der Waals surface area contributed by atoms with E-state index in [1.807, 2.05) is 20.8 Å². The van der Waals surface area contributed by atoms with Crippen molar-refractivity contribution in [2.75, 3.05) is 12.8 Å². The molecule has 0 aliphatic heterocycles. The maximum absolute atomic E-state index is 12.7. The van der Waals surface area contributed by atoms with Gasteiger partial charge < -0.3 is 0 Å². The lowest BCUT2D eigenvalue weighted by atomic mass is 10.1. The molecule has 1 aromatic carbocycles. The van der Waals surface area contributed by atoms with Gasteiger partial charge in [-0.05, 0) is 44.4 Å². The molecule has 2 aromatic rings. The molecule has 0 unspecified atom stereocenters. The smallest absolute Gasteiger partial charge is 0.246 e. The largest absolute Gasteiger partial charge is 0.416 e. The number of rotatable bonds is 7. The van der Waals surface area contributed by atoms with Crippen molar-refractivity contribution in [1.29, 1.82) is 0 Å². The number of aryl methyl sites for hydroxylation is 3. The topological polar surface area (TPSA) is 50.3 Å². The lowest BCUT2D eigenvalue weighted by Crippen LogP contribution is -2.32. The number of thiazole rings is 1. The standard InChI is InChI=1S/C18H23F3N2O2S2/c1-5-16-22-12(2)17(26-16)13(3)23(4)27(24,25)11-10-14-6-8-15(9-7-14)18(19,20)21/h6-9,13H,5,10-11H2,1-4H3/t13-/m0/s1. The van der Waals surface area contributed by atoms with Crippen molar-refractivity contribution < 1.29 is 21.6 Å². The summed E-state index contributed by atoms with van der Waals surface area (Å²) >= 11 is 1.51. The van der Waals surface area contributed by atoms with E-state index in [9.17, 15) is 21.6 Å². The van der Waals surface area contributed by atoms with Gasteiger partial charge in [-0.1, -0.05) is 19.1 Å². The second-order valence-electron chi connectivity index (χ2n) is 6.36. The number of nitrogens with zero attached hydrogens (tertiary/aromatic N) is 2.